The van der Waals surface area contributed by atoms with Gasteiger partial charge in [0.25, 0.3) is 5.91 Å². The van der Waals surface area contributed by atoms with E-state index in [4.69, 9.17) is 9.47 Å². The van der Waals surface area contributed by atoms with Gasteiger partial charge in [0, 0.05) is 18.9 Å². The Morgan fingerprint density at radius 1 is 1.09 bits per heavy atom. The first kappa shape index (κ1) is 23.1. The van der Waals surface area contributed by atoms with Gasteiger partial charge in [-0.3, -0.25) is 9.78 Å². The van der Waals surface area contributed by atoms with Crippen molar-refractivity contribution < 1.29 is 23.0 Å². The Bertz CT molecular complexity index is 1300. The van der Waals surface area contributed by atoms with Crippen LogP contribution in [0.5, 0.6) is 0 Å². The molecule has 0 unspecified atom stereocenters. The van der Waals surface area contributed by atoms with E-state index in [1.54, 1.807) is 19.1 Å². The maximum Gasteiger partial charge on any atom is 0.259 e. The Morgan fingerprint density at radius 2 is 1.83 bits per heavy atom. The van der Waals surface area contributed by atoms with Crippen LogP contribution >= 0.6 is 0 Å². The number of rotatable bonds is 4. The Balaban J connectivity index is 1.29. The van der Waals surface area contributed by atoms with Gasteiger partial charge in [-0.1, -0.05) is 0 Å². The number of amides is 1. The van der Waals surface area contributed by atoms with Gasteiger partial charge in [-0.15, -0.1) is 0 Å². The van der Waals surface area contributed by atoms with E-state index in [9.17, 15) is 18.8 Å². The zero-order chi connectivity index (χ0) is 24.6. The van der Waals surface area contributed by atoms with Crippen molar-refractivity contribution in [3.05, 3.63) is 71.3 Å². The molecule has 1 amide bonds. The van der Waals surface area contributed by atoms with Crippen molar-refractivity contribution in [1.29, 1.82) is 5.26 Å². The van der Waals surface area contributed by atoms with Crippen molar-refractivity contribution in [2.24, 2.45) is 0 Å². The van der Waals surface area contributed by atoms with Crippen molar-refractivity contribution in [2.75, 3.05) is 18.5 Å². The zero-order valence-electron chi connectivity index (χ0n) is 19.1. The molecular formula is C25H23F2N5O3. The zero-order valence-corrected chi connectivity index (χ0v) is 19.1. The van der Waals surface area contributed by atoms with E-state index < -0.39 is 28.7 Å². The van der Waals surface area contributed by atoms with E-state index in [-0.39, 0.29) is 5.56 Å². The molecule has 1 saturated carbocycles. The number of nitrogens with one attached hydrogen (secondary N) is 1. The fourth-order valence-electron chi connectivity index (χ4n) is 4.73. The predicted molar refractivity (Wildman–Crippen MR) is 121 cm³/mol. The number of carbonyl (C=O) groups is 1. The van der Waals surface area contributed by atoms with Gasteiger partial charge in [-0.05, 0) is 44.0 Å². The Labute approximate surface area is 200 Å². The highest BCUT2D eigenvalue weighted by Gasteiger charge is 2.48. The predicted octanol–water partition coefficient (Wildman–Crippen LogP) is 4.18. The van der Waals surface area contributed by atoms with Crippen LogP contribution in [0.1, 0.15) is 47.4 Å². The van der Waals surface area contributed by atoms with Crippen LogP contribution in [0, 0.1) is 29.9 Å². The highest BCUT2D eigenvalue weighted by Crippen LogP contribution is 2.45. The van der Waals surface area contributed by atoms with Crippen LogP contribution in [-0.2, 0) is 14.9 Å². The minimum absolute atomic E-state index is 0.279. The minimum atomic E-state index is -0.999. The topological polar surface area (TPSA) is 102 Å². The Kier molecular flexibility index (Phi) is 5.83. The van der Waals surface area contributed by atoms with Crippen LogP contribution in [-0.4, -0.2) is 39.7 Å². The molecule has 35 heavy (non-hydrogen) atoms. The molecule has 1 N–H and O–H groups in total. The molecular weight excluding hydrogens is 456 g/mol. The molecule has 1 spiro atoms. The maximum atomic E-state index is 13.6. The lowest BCUT2D eigenvalue weighted by Gasteiger charge is -2.39. The van der Waals surface area contributed by atoms with E-state index in [0.717, 1.165) is 12.1 Å². The van der Waals surface area contributed by atoms with E-state index >= 15 is 0 Å². The van der Waals surface area contributed by atoms with E-state index in [1.165, 1.54) is 23.1 Å². The normalized spacial score (nSPS) is 18.3. The van der Waals surface area contributed by atoms with Crippen molar-refractivity contribution in [3.63, 3.8) is 0 Å². The number of hydrogen-bond acceptors (Lipinski definition) is 6. The number of ether oxygens (including phenoxy) is 2. The number of nitriles is 1. The number of carbonyl (C=O) groups excluding carboxylic acids is 1. The number of nitrogens with zero attached hydrogens (tertiary/aromatic N) is 4. The number of hydrogen-bond donors (Lipinski definition) is 1. The lowest BCUT2D eigenvalue weighted by Crippen LogP contribution is -2.41. The second-order valence-electron chi connectivity index (χ2n) is 8.84. The maximum absolute atomic E-state index is 13.6. The lowest BCUT2D eigenvalue weighted by atomic mass is 9.70. The van der Waals surface area contributed by atoms with Crippen molar-refractivity contribution in [1.82, 2.24) is 14.8 Å². The first-order chi connectivity index (χ1) is 16.8. The van der Waals surface area contributed by atoms with Gasteiger partial charge in [0.05, 0.1) is 65.4 Å². The molecule has 1 saturated heterocycles. The standard InChI is InChI=1S/C25H23F2N5O3/c1-16-19(14-30-32(16)18-3-4-20(26)21(27)12-18)23(33)31-17-2-5-22(29-13-17)24(15-28)6-8-25(9-7-24)34-10-11-35-25/h2-5,12-14H,6-11H2,1H3,(H,31,33). The molecule has 1 aliphatic carbocycles. The van der Waals surface area contributed by atoms with Gasteiger partial charge in [-0.25, -0.2) is 13.5 Å². The summed E-state index contributed by atoms with van der Waals surface area (Å²) in [4.78, 5) is 17.3. The van der Waals surface area contributed by atoms with Crippen LogP contribution in [0.2, 0.25) is 0 Å². The molecule has 3 heterocycles. The van der Waals surface area contributed by atoms with E-state index in [1.807, 2.05) is 0 Å². The molecule has 5 rings (SSSR count). The highest BCUT2D eigenvalue weighted by atomic mass is 19.2. The smallest absolute Gasteiger partial charge is 0.259 e. The third kappa shape index (κ3) is 4.17. The van der Waals surface area contributed by atoms with Crippen LogP contribution in [0.15, 0.2) is 42.7 Å². The van der Waals surface area contributed by atoms with Crippen molar-refractivity contribution in [3.8, 4) is 11.8 Å². The molecule has 0 radical (unpaired) electrons. The lowest BCUT2D eigenvalue weighted by molar-refractivity contribution is -0.182. The van der Waals surface area contributed by atoms with Crippen molar-refractivity contribution in [2.45, 2.75) is 43.8 Å². The van der Waals surface area contributed by atoms with Crippen LogP contribution in [0.25, 0.3) is 5.69 Å². The Morgan fingerprint density at radius 3 is 2.46 bits per heavy atom. The van der Waals surface area contributed by atoms with Gasteiger partial charge < -0.3 is 14.8 Å². The molecule has 2 aromatic heterocycles. The third-order valence-electron chi connectivity index (χ3n) is 6.81. The number of anilines is 1. The summed E-state index contributed by atoms with van der Waals surface area (Å²) in [6, 6.07) is 9.31. The summed E-state index contributed by atoms with van der Waals surface area (Å²) in [6.45, 7) is 2.81. The van der Waals surface area contributed by atoms with Gasteiger partial charge in [0.1, 0.15) is 0 Å². The van der Waals surface area contributed by atoms with E-state index in [0.29, 0.717) is 61.7 Å². The SMILES string of the molecule is Cc1c(C(=O)Nc2ccc(C3(C#N)CCC4(CC3)OCCO4)nc2)cnn1-c1ccc(F)c(F)c1. The quantitative estimate of drug-likeness (QED) is 0.602. The van der Waals surface area contributed by atoms with Crippen LogP contribution < -0.4 is 5.32 Å². The average molecular weight is 479 g/mol. The number of halogens is 2. The molecule has 8 nitrogen and oxygen atoms in total. The largest absolute Gasteiger partial charge is 0.348 e. The van der Waals surface area contributed by atoms with Crippen molar-refractivity contribution >= 4 is 11.6 Å². The highest BCUT2D eigenvalue weighted by molar-refractivity contribution is 6.04. The average Bonchev–Trinajstić information content (AvgIpc) is 3.49. The molecule has 0 atom stereocenters. The summed E-state index contributed by atoms with van der Waals surface area (Å²) in [5.41, 5.74) is 1.42. The molecule has 1 aromatic carbocycles. The third-order valence-corrected chi connectivity index (χ3v) is 6.81. The fourth-order valence-corrected chi connectivity index (χ4v) is 4.73. The summed E-state index contributed by atoms with van der Waals surface area (Å²) in [5.74, 6) is -2.95. The summed E-state index contributed by atoms with van der Waals surface area (Å²) < 4.78 is 39.8. The Hall–Kier alpha value is -3.68. The van der Waals surface area contributed by atoms with Crippen LogP contribution in [0.3, 0.4) is 0 Å². The molecule has 1 aliphatic heterocycles. The molecule has 2 fully saturated rings. The molecule has 180 valence electrons. The second kappa shape index (κ2) is 8.83. The van der Waals surface area contributed by atoms with Gasteiger partial charge in [-0.2, -0.15) is 10.4 Å². The summed E-state index contributed by atoms with van der Waals surface area (Å²) in [5, 5.41) is 16.9. The fraction of sp³-hybridized carbons (Fsp3) is 0.360. The number of benzene rings is 1. The molecule has 10 heteroatoms. The molecule has 0 bridgehead atoms. The van der Waals surface area contributed by atoms with Gasteiger partial charge in [0.15, 0.2) is 17.4 Å². The first-order valence-electron chi connectivity index (χ1n) is 11.3. The molecule has 3 aromatic rings. The number of aromatic nitrogens is 3. The van der Waals surface area contributed by atoms with Gasteiger partial charge in [0.2, 0.25) is 0 Å². The second-order valence-corrected chi connectivity index (χ2v) is 8.84. The van der Waals surface area contributed by atoms with E-state index in [2.05, 4.69) is 21.5 Å². The van der Waals surface area contributed by atoms with Gasteiger partial charge >= 0.3 is 0 Å². The minimum Gasteiger partial charge on any atom is -0.348 e. The first-order valence-corrected chi connectivity index (χ1v) is 11.3. The number of pyridine rings is 1. The summed E-state index contributed by atoms with van der Waals surface area (Å²) in [6.07, 6.45) is 5.29. The monoisotopic (exact) mass is 479 g/mol. The summed E-state index contributed by atoms with van der Waals surface area (Å²) >= 11 is 0. The molecule has 2 aliphatic rings. The summed E-state index contributed by atoms with van der Waals surface area (Å²) in [7, 11) is 0. The van der Waals surface area contributed by atoms with Crippen LogP contribution in [0.4, 0.5) is 14.5 Å².